The molecule has 1 aromatic rings. The zero-order valence-corrected chi connectivity index (χ0v) is 8.08. The van der Waals surface area contributed by atoms with Gasteiger partial charge < -0.3 is 4.74 Å². The Morgan fingerprint density at radius 3 is 3.08 bits per heavy atom. The number of aromatic nitrogens is 2. The van der Waals surface area contributed by atoms with Gasteiger partial charge in [0.1, 0.15) is 11.6 Å². The van der Waals surface area contributed by atoms with E-state index in [1.54, 1.807) is 18.6 Å². The van der Waals surface area contributed by atoms with Gasteiger partial charge >= 0.3 is 0 Å². The van der Waals surface area contributed by atoms with Crippen molar-refractivity contribution in [3.8, 4) is 0 Å². The first kappa shape index (κ1) is 10.1. The molecule has 1 rings (SSSR count). The molecule has 0 bridgehead atoms. The molecule has 0 unspecified atom stereocenters. The average molecular weight is 198 g/mol. The number of hydrogen-bond acceptors (Lipinski definition) is 5. The van der Waals surface area contributed by atoms with E-state index in [2.05, 4.69) is 9.97 Å². The smallest absolute Gasteiger partial charge is 0.168 e. The maximum Gasteiger partial charge on any atom is 0.168 e. The minimum atomic E-state index is 0.0538. The van der Waals surface area contributed by atoms with Gasteiger partial charge in [-0.05, 0) is 0 Å². The first-order chi connectivity index (χ1) is 6.33. The van der Waals surface area contributed by atoms with Crippen LogP contribution in [0.3, 0.4) is 0 Å². The molecule has 0 aliphatic carbocycles. The molecule has 13 heavy (non-hydrogen) atoms. The summed E-state index contributed by atoms with van der Waals surface area (Å²) in [6.45, 7) is 0.160. The highest BCUT2D eigenvalue weighted by Crippen LogP contribution is 2.12. The van der Waals surface area contributed by atoms with E-state index in [1.165, 1.54) is 18.9 Å². The molecule has 0 spiro atoms. The molecule has 4 nitrogen and oxygen atoms in total. The monoisotopic (exact) mass is 198 g/mol. The lowest BCUT2D eigenvalue weighted by Gasteiger charge is -1.98. The Hall–Kier alpha value is -0.940. The van der Waals surface area contributed by atoms with E-state index in [-0.39, 0.29) is 12.4 Å². The van der Waals surface area contributed by atoms with Crippen LogP contribution in [0.5, 0.6) is 0 Å². The largest absolute Gasteiger partial charge is 0.377 e. The third kappa shape index (κ3) is 4.00. The second kappa shape index (κ2) is 5.66. The lowest BCUT2D eigenvalue weighted by Crippen LogP contribution is -2.08. The first-order valence-electron chi connectivity index (χ1n) is 3.72. The van der Waals surface area contributed by atoms with Crippen LogP contribution in [0.4, 0.5) is 0 Å². The van der Waals surface area contributed by atoms with Gasteiger partial charge in [-0.1, -0.05) is 11.8 Å². The van der Waals surface area contributed by atoms with Crippen molar-refractivity contribution in [2.45, 2.75) is 5.03 Å². The SMILES string of the molecule is COCC(=O)CSc1cnccn1. The van der Waals surface area contributed by atoms with E-state index >= 15 is 0 Å². The van der Waals surface area contributed by atoms with Gasteiger partial charge in [0.25, 0.3) is 0 Å². The Labute approximate surface area is 80.7 Å². The quantitative estimate of drug-likeness (QED) is 0.654. The number of ether oxygens (including phenoxy) is 1. The minimum absolute atomic E-state index is 0.0538. The zero-order chi connectivity index (χ0) is 9.52. The molecule has 1 aromatic heterocycles. The number of hydrogen-bond donors (Lipinski definition) is 0. The number of Topliss-reactive ketones (excluding diaryl/α,β-unsaturated/α-hetero) is 1. The molecule has 1 heterocycles. The third-order valence-corrected chi connectivity index (χ3v) is 2.20. The highest BCUT2D eigenvalue weighted by molar-refractivity contribution is 7.99. The van der Waals surface area contributed by atoms with Gasteiger partial charge in [0.05, 0.1) is 11.9 Å². The molecule has 0 aliphatic rings. The molecule has 0 fully saturated rings. The number of thioether (sulfide) groups is 1. The number of carbonyl (C=O) groups is 1. The summed E-state index contributed by atoms with van der Waals surface area (Å²) in [5, 5.41) is 0.756. The van der Waals surface area contributed by atoms with Crippen molar-refractivity contribution >= 4 is 17.5 Å². The van der Waals surface area contributed by atoms with Gasteiger partial charge in [-0.15, -0.1) is 0 Å². The van der Waals surface area contributed by atoms with E-state index in [0.29, 0.717) is 5.75 Å². The van der Waals surface area contributed by atoms with Crippen LogP contribution in [0.2, 0.25) is 0 Å². The van der Waals surface area contributed by atoms with Crippen LogP contribution in [0.1, 0.15) is 0 Å². The third-order valence-electron chi connectivity index (χ3n) is 1.23. The molecule has 5 heteroatoms. The van der Waals surface area contributed by atoms with Crippen LogP contribution in [0.25, 0.3) is 0 Å². The predicted molar refractivity (Wildman–Crippen MR) is 49.6 cm³/mol. The average Bonchev–Trinajstić information content (AvgIpc) is 2.17. The number of methoxy groups -OCH3 is 1. The maximum absolute atomic E-state index is 11.0. The van der Waals surface area contributed by atoms with Crippen molar-refractivity contribution in [3.05, 3.63) is 18.6 Å². The maximum atomic E-state index is 11.0. The van der Waals surface area contributed by atoms with Crippen LogP contribution in [0, 0.1) is 0 Å². The number of rotatable bonds is 5. The molecule has 0 N–H and O–H groups in total. The Kier molecular flexibility index (Phi) is 4.42. The molecule has 0 saturated heterocycles. The van der Waals surface area contributed by atoms with Crippen LogP contribution in [-0.4, -0.2) is 35.2 Å². The van der Waals surface area contributed by atoms with E-state index in [1.807, 2.05) is 0 Å². The van der Waals surface area contributed by atoms with E-state index in [4.69, 9.17) is 4.74 Å². The summed E-state index contributed by atoms with van der Waals surface area (Å²) in [6, 6.07) is 0. The lowest BCUT2D eigenvalue weighted by atomic mass is 10.5. The molecule has 0 saturated carbocycles. The van der Waals surface area contributed by atoms with Gasteiger partial charge in [0, 0.05) is 19.5 Å². The normalized spacial score (nSPS) is 9.92. The summed E-state index contributed by atoms with van der Waals surface area (Å²) in [7, 11) is 1.50. The standard InChI is InChI=1S/C8H10N2O2S/c1-12-5-7(11)6-13-8-4-9-2-3-10-8/h2-4H,5-6H2,1H3. The van der Waals surface area contributed by atoms with Gasteiger partial charge in [-0.25, -0.2) is 4.98 Å². The van der Waals surface area contributed by atoms with Gasteiger partial charge in [0.15, 0.2) is 5.78 Å². The van der Waals surface area contributed by atoms with E-state index in [0.717, 1.165) is 5.03 Å². The molecule has 0 aliphatic heterocycles. The number of ketones is 1. The van der Waals surface area contributed by atoms with Crippen LogP contribution < -0.4 is 0 Å². The Morgan fingerprint density at radius 1 is 1.62 bits per heavy atom. The van der Waals surface area contributed by atoms with Crippen LogP contribution in [0.15, 0.2) is 23.6 Å². The summed E-state index contributed by atoms with van der Waals surface area (Å²) in [4.78, 5) is 18.9. The summed E-state index contributed by atoms with van der Waals surface area (Å²) >= 11 is 1.37. The van der Waals surface area contributed by atoms with Crippen molar-refractivity contribution < 1.29 is 9.53 Å². The fourth-order valence-corrected chi connectivity index (χ4v) is 1.38. The fraction of sp³-hybridized carbons (Fsp3) is 0.375. The van der Waals surface area contributed by atoms with Gasteiger partial charge in [0.2, 0.25) is 0 Å². The fourth-order valence-electron chi connectivity index (χ4n) is 0.717. The molecule has 0 atom stereocenters. The highest BCUT2D eigenvalue weighted by Gasteiger charge is 2.02. The lowest BCUT2D eigenvalue weighted by molar-refractivity contribution is -0.120. The van der Waals surface area contributed by atoms with Crippen molar-refractivity contribution in [1.82, 2.24) is 9.97 Å². The molecular weight excluding hydrogens is 188 g/mol. The van der Waals surface area contributed by atoms with E-state index < -0.39 is 0 Å². The summed E-state index contributed by atoms with van der Waals surface area (Å²) in [5.74, 6) is 0.435. The van der Waals surface area contributed by atoms with Crippen molar-refractivity contribution in [2.24, 2.45) is 0 Å². The number of nitrogens with zero attached hydrogens (tertiary/aromatic N) is 2. The second-order valence-electron chi connectivity index (χ2n) is 2.30. The second-order valence-corrected chi connectivity index (χ2v) is 3.30. The Bertz CT molecular complexity index is 266. The van der Waals surface area contributed by atoms with Crippen LogP contribution >= 0.6 is 11.8 Å². The summed E-state index contributed by atoms with van der Waals surface area (Å²) in [6.07, 6.45) is 4.83. The molecule has 0 amide bonds. The topological polar surface area (TPSA) is 52.1 Å². The van der Waals surface area contributed by atoms with Crippen LogP contribution in [-0.2, 0) is 9.53 Å². The Morgan fingerprint density at radius 2 is 2.46 bits per heavy atom. The first-order valence-corrected chi connectivity index (χ1v) is 4.71. The van der Waals surface area contributed by atoms with Gasteiger partial charge in [-0.2, -0.15) is 0 Å². The number of carbonyl (C=O) groups excluding carboxylic acids is 1. The van der Waals surface area contributed by atoms with E-state index in [9.17, 15) is 4.79 Å². The molecule has 0 radical (unpaired) electrons. The molecular formula is C8H10N2O2S. The minimum Gasteiger partial charge on any atom is -0.377 e. The molecule has 70 valence electrons. The van der Waals surface area contributed by atoms with Crippen molar-refractivity contribution in [3.63, 3.8) is 0 Å². The predicted octanol–water partition coefficient (Wildman–Crippen LogP) is 0.784. The highest BCUT2D eigenvalue weighted by atomic mass is 32.2. The van der Waals surface area contributed by atoms with Gasteiger partial charge in [-0.3, -0.25) is 9.78 Å². The van der Waals surface area contributed by atoms with Crippen molar-refractivity contribution in [1.29, 1.82) is 0 Å². The molecule has 0 aromatic carbocycles. The summed E-state index contributed by atoms with van der Waals surface area (Å²) < 4.78 is 4.69. The summed E-state index contributed by atoms with van der Waals surface area (Å²) in [5.41, 5.74) is 0. The Balaban J connectivity index is 2.31. The zero-order valence-electron chi connectivity index (χ0n) is 7.27. The van der Waals surface area contributed by atoms with Crippen molar-refractivity contribution in [2.75, 3.05) is 19.5 Å².